The lowest BCUT2D eigenvalue weighted by Crippen LogP contribution is -2.42. The van der Waals surface area contributed by atoms with E-state index in [0.29, 0.717) is 17.5 Å². The highest BCUT2D eigenvalue weighted by Crippen LogP contribution is 2.23. The molecule has 1 aromatic rings. The van der Waals surface area contributed by atoms with Crippen molar-refractivity contribution in [3.8, 4) is 0 Å². The minimum absolute atomic E-state index is 0.0304. The summed E-state index contributed by atoms with van der Waals surface area (Å²) >= 11 is 0. The SMILES string of the molecule is CCc1c(C(=O)O)cccc1C(=O)N1CCCCC1C. The molecule has 1 unspecified atom stereocenters. The number of carbonyl (C=O) groups excluding carboxylic acids is 1. The molecule has 20 heavy (non-hydrogen) atoms. The minimum Gasteiger partial charge on any atom is -0.478 e. The second-order valence-corrected chi connectivity index (χ2v) is 5.33. The van der Waals surface area contributed by atoms with Crippen molar-refractivity contribution in [2.75, 3.05) is 6.54 Å². The quantitative estimate of drug-likeness (QED) is 0.922. The van der Waals surface area contributed by atoms with Crippen LogP contribution in [0.5, 0.6) is 0 Å². The largest absolute Gasteiger partial charge is 0.478 e. The van der Waals surface area contributed by atoms with Crippen molar-refractivity contribution in [2.24, 2.45) is 0 Å². The fourth-order valence-corrected chi connectivity index (χ4v) is 2.92. The van der Waals surface area contributed by atoms with Gasteiger partial charge in [0.1, 0.15) is 0 Å². The molecule has 4 nitrogen and oxygen atoms in total. The van der Waals surface area contributed by atoms with E-state index in [1.807, 2.05) is 11.8 Å². The molecule has 1 atom stereocenters. The first-order valence-electron chi connectivity index (χ1n) is 7.22. The number of benzene rings is 1. The average Bonchev–Trinajstić information content (AvgIpc) is 2.46. The molecule has 1 fully saturated rings. The Labute approximate surface area is 119 Å². The molecule has 0 radical (unpaired) electrons. The molecule has 0 bridgehead atoms. The zero-order valence-electron chi connectivity index (χ0n) is 12.1. The lowest BCUT2D eigenvalue weighted by atomic mass is 9.96. The predicted molar refractivity (Wildman–Crippen MR) is 77.1 cm³/mol. The van der Waals surface area contributed by atoms with Crippen LogP contribution >= 0.6 is 0 Å². The van der Waals surface area contributed by atoms with Crippen LogP contribution in [0.2, 0.25) is 0 Å². The smallest absolute Gasteiger partial charge is 0.335 e. The predicted octanol–water partition coefficient (Wildman–Crippen LogP) is 2.96. The van der Waals surface area contributed by atoms with Crippen LogP contribution in [0.4, 0.5) is 0 Å². The molecule has 0 saturated carbocycles. The fraction of sp³-hybridized carbons (Fsp3) is 0.500. The van der Waals surface area contributed by atoms with E-state index in [1.165, 1.54) is 0 Å². The first kappa shape index (κ1) is 14.6. The molecule has 1 heterocycles. The van der Waals surface area contributed by atoms with Gasteiger partial charge in [-0.3, -0.25) is 4.79 Å². The zero-order valence-corrected chi connectivity index (χ0v) is 12.1. The normalized spacial score (nSPS) is 18.9. The number of aromatic carboxylic acids is 1. The fourth-order valence-electron chi connectivity index (χ4n) is 2.92. The lowest BCUT2D eigenvalue weighted by Gasteiger charge is -2.34. The summed E-state index contributed by atoms with van der Waals surface area (Å²) in [6.45, 7) is 4.71. The summed E-state index contributed by atoms with van der Waals surface area (Å²) < 4.78 is 0. The van der Waals surface area contributed by atoms with Gasteiger partial charge in [0.05, 0.1) is 5.56 Å². The first-order chi connectivity index (χ1) is 9.56. The topological polar surface area (TPSA) is 57.6 Å². The molecule has 1 saturated heterocycles. The average molecular weight is 275 g/mol. The molecule has 2 rings (SSSR count). The number of hydrogen-bond acceptors (Lipinski definition) is 2. The number of carboxylic acids is 1. The van der Waals surface area contributed by atoms with E-state index in [0.717, 1.165) is 25.8 Å². The number of carbonyl (C=O) groups is 2. The van der Waals surface area contributed by atoms with E-state index in [2.05, 4.69) is 6.92 Å². The molecule has 1 amide bonds. The van der Waals surface area contributed by atoms with Crippen LogP contribution < -0.4 is 0 Å². The molecule has 108 valence electrons. The molecular formula is C16H21NO3. The Kier molecular flexibility index (Phi) is 4.42. The van der Waals surface area contributed by atoms with Gasteiger partial charge in [-0.1, -0.05) is 13.0 Å². The maximum absolute atomic E-state index is 12.7. The van der Waals surface area contributed by atoms with Gasteiger partial charge in [-0.05, 0) is 50.3 Å². The number of amides is 1. The maximum atomic E-state index is 12.7. The van der Waals surface area contributed by atoms with Gasteiger partial charge in [-0.25, -0.2) is 4.79 Å². The highest BCUT2D eigenvalue weighted by molar-refractivity contribution is 6.00. The Morgan fingerprint density at radius 2 is 2.00 bits per heavy atom. The highest BCUT2D eigenvalue weighted by Gasteiger charge is 2.26. The molecular weight excluding hydrogens is 254 g/mol. The summed E-state index contributed by atoms with van der Waals surface area (Å²) in [7, 11) is 0. The summed E-state index contributed by atoms with van der Waals surface area (Å²) in [6.07, 6.45) is 3.74. The van der Waals surface area contributed by atoms with Crippen LogP contribution in [0.1, 0.15) is 59.4 Å². The number of rotatable bonds is 3. The third-order valence-electron chi connectivity index (χ3n) is 4.05. The van der Waals surface area contributed by atoms with E-state index >= 15 is 0 Å². The summed E-state index contributed by atoms with van der Waals surface area (Å²) in [5, 5.41) is 9.24. The van der Waals surface area contributed by atoms with Gasteiger partial charge in [-0.15, -0.1) is 0 Å². The second-order valence-electron chi connectivity index (χ2n) is 5.33. The van der Waals surface area contributed by atoms with Gasteiger partial charge >= 0.3 is 5.97 Å². The number of carboxylic acid groups (broad SMARTS) is 1. The van der Waals surface area contributed by atoms with E-state index in [9.17, 15) is 14.7 Å². The Bertz CT molecular complexity index is 524. The summed E-state index contributed by atoms with van der Waals surface area (Å²) in [6, 6.07) is 5.20. The van der Waals surface area contributed by atoms with Crippen molar-refractivity contribution in [3.05, 3.63) is 34.9 Å². The summed E-state index contributed by atoms with van der Waals surface area (Å²) in [4.78, 5) is 25.8. The Morgan fingerprint density at radius 3 is 2.60 bits per heavy atom. The second kappa shape index (κ2) is 6.07. The van der Waals surface area contributed by atoms with E-state index in [1.54, 1.807) is 18.2 Å². The standard InChI is InChI=1S/C16H21NO3/c1-3-12-13(8-6-9-14(12)16(19)20)15(18)17-10-5-4-7-11(17)2/h6,8-9,11H,3-5,7,10H2,1-2H3,(H,19,20). The van der Waals surface area contributed by atoms with Crippen molar-refractivity contribution in [1.29, 1.82) is 0 Å². The zero-order chi connectivity index (χ0) is 14.7. The Hall–Kier alpha value is -1.84. The molecule has 1 aromatic carbocycles. The van der Waals surface area contributed by atoms with Crippen LogP contribution in [0.15, 0.2) is 18.2 Å². The van der Waals surface area contributed by atoms with E-state index in [4.69, 9.17) is 0 Å². The van der Waals surface area contributed by atoms with Crippen LogP contribution in [0.25, 0.3) is 0 Å². The van der Waals surface area contributed by atoms with Gasteiger partial charge in [0, 0.05) is 18.2 Å². The third-order valence-corrected chi connectivity index (χ3v) is 4.05. The monoisotopic (exact) mass is 275 g/mol. The Balaban J connectivity index is 2.39. The molecule has 1 aliphatic heterocycles. The van der Waals surface area contributed by atoms with Crippen molar-refractivity contribution < 1.29 is 14.7 Å². The van der Waals surface area contributed by atoms with E-state index in [-0.39, 0.29) is 17.5 Å². The van der Waals surface area contributed by atoms with Crippen LogP contribution in [-0.4, -0.2) is 34.5 Å². The minimum atomic E-state index is -0.969. The van der Waals surface area contributed by atoms with Crippen molar-refractivity contribution in [3.63, 3.8) is 0 Å². The number of likely N-dealkylation sites (tertiary alicyclic amines) is 1. The maximum Gasteiger partial charge on any atom is 0.335 e. The molecule has 1 aliphatic rings. The third kappa shape index (κ3) is 2.69. The molecule has 1 N–H and O–H groups in total. The highest BCUT2D eigenvalue weighted by atomic mass is 16.4. The van der Waals surface area contributed by atoms with Gasteiger partial charge in [0.25, 0.3) is 5.91 Å². The number of nitrogens with zero attached hydrogens (tertiary/aromatic N) is 1. The van der Waals surface area contributed by atoms with Gasteiger partial charge in [-0.2, -0.15) is 0 Å². The number of piperidine rings is 1. The van der Waals surface area contributed by atoms with E-state index < -0.39 is 5.97 Å². The summed E-state index contributed by atoms with van der Waals surface area (Å²) in [5.74, 6) is -1.000. The van der Waals surface area contributed by atoms with Crippen molar-refractivity contribution in [1.82, 2.24) is 4.90 Å². The van der Waals surface area contributed by atoms with Crippen molar-refractivity contribution >= 4 is 11.9 Å². The van der Waals surface area contributed by atoms with Crippen LogP contribution in [0.3, 0.4) is 0 Å². The van der Waals surface area contributed by atoms with Gasteiger partial charge < -0.3 is 10.0 Å². The molecule has 0 aliphatic carbocycles. The van der Waals surface area contributed by atoms with Gasteiger partial charge in [0.2, 0.25) is 0 Å². The summed E-state index contributed by atoms with van der Waals surface area (Å²) in [5.41, 5.74) is 1.42. The van der Waals surface area contributed by atoms with Gasteiger partial charge in [0.15, 0.2) is 0 Å². The number of hydrogen-bond donors (Lipinski definition) is 1. The molecule has 4 heteroatoms. The van der Waals surface area contributed by atoms with Crippen LogP contribution in [-0.2, 0) is 6.42 Å². The molecule has 0 aromatic heterocycles. The molecule has 0 spiro atoms. The first-order valence-corrected chi connectivity index (χ1v) is 7.22. The lowest BCUT2D eigenvalue weighted by molar-refractivity contribution is 0.0634. The Morgan fingerprint density at radius 1 is 1.30 bits per heavy atom. The van der Waals surface area contributed by atoms with Crippen LogP contribution in [0, 0.1) is 0 Å². The van der Waals surface area contributed by atoms with Crippen molar-refractivity contribution in [2.45, 2.75) is 45.6 Å².